The molecule has 3 aromatic carbocycles. The lowest BCUT2D eigenvalue weighted by Crippen LogP contribution is -2.48. The van der Waals surface area contributed by atoms with Gasteiger partial charge in [-0.3, -0.25) is 14.5 Å². The number of hydrogen-bond donors (Lipinski definition) is 0. The predicted molar refractivity (Wildman–Crippen MR) is 147 cm³/mol. The summed E-state index contributed by atoms with van der Waals surface area (Å²) in [6.07, 6.45) is 1.73. The number of cyclic esters (lactones) is 1. The molecule has 1 aliphatic carbocycles. The van der Waals surface area contributed by atoms with E-state index in [1.54, 1.807) is 11.0 Å². The number of carbonyl (C=O) groups is 4. The molecule has 202 valence electrons. The molecule has 2 saturated heterocycles. The maximum atomic E-state index is 14.0. The van der Waals surface area contributed by atoms with Crippen LogP contribution >= 0.6 is 0 Å². The van der Waals surface area contributed by atoms with E-state index in [4.69, 9.17) is 4.74 Å². The maximum absolute atomic E-state index is 14.0. The van der Waals surface area contributed by atoms with Crippen molar-refractivity contribution in [3.05, 3.63) is 119 Å². The minimum Gasteiger partial charge on any atom is -0.447 e. The molecular formula is C32H29N3O5. The van der Waals surface area contributed by atoms with Crippen LogP contribution in [0.1, 0.15) is 29.5 Å². The Morgan fingerprint density at radius 1 is 0.800 bits per heavy atom. The largest absolute Gasteiger partial charge is 0.447 e. The third-order valence-electron chi connectivity index (χ3n) is 7.93. The summed E-state index contributed by atoms with van der Waals surface area (Å²) in [5, 5.41) is 0. The Bertz CT molecular complexity index is 1470. The predicted octanol–water partition coefficient (Wildman–Crippen LogP) is 4.70. The quantitative estimate of drug-likeness (QED) is 0.410. The third kappa shape index (κ3) is 4.55. The van der Waals surface area contributed by atoms with Crippen molar-refractivity contribution in [2.75, 3.05) is 6.61 Å². The first kappa shape index (κ1) is 25.6. The van der Waals surface area contributed by atoms with Gasteiger partial charge in [-0.2, -0.15) is 0 Å². The van der Waals surface area contributed by atoms with E-state index < -0.39 is 23.6 Å². The van der Waals surface area contributed by atoms with Crippen LogP contribution in [-0.4, -0.2) is 56.8 Å². The van der Waals surface area contributed by atoms with Gasteiger partial charge in [0, 0.05) is 18.5 Å². The minimum atomic E-state index is -1.23. The highest BCUT2D eigenvalue weighted by Crippen LogP contribution is 2.43. The lowest BCUT2D eigenvalue weighted by molar-refractivity contribution is -0.133. The molecule has 3 aromatic rings. The van der Waals surface area contributed by atoms with Crippen molar-refractivity contribution in [2.24, 2.45) is 0 Å². The first-order valence-corrected chi connectivity index (χ1v) is 13.4. The second kappa shape index (κ2) is 10.4. The van der Waals surface area contributed by atoms with Gasteiger partial charge in [-0.25, -0.2) is 14.5 Å². The van der Waals surface area contributed by atoms with Gasteiger partial charge in [0.1, 0.15) is 12.1 Å². The lowest BCUT2D eigenvalue weighted by Gasteiger charge is -2.32. The highest BCUT2D eigenvalue weighted by molar-refractivity contribution is 6.10. The van der Waals surface area contributed by atoms with E-state index in [9.17, 15) is 19.2 Å². The van der Waals surface area contributed by atoms with Gasteiger partial charge in [0.25, 0.3) is 11.8 Å². The molecule has 0 N–H and O–H groups in total. The Morgan fingerprint density at radius 2 is 1.38 bits per heavy atom. The summed E-state index contributed by atoms with van der Waals surface area (Å²) < 4.78 is 5.27. The van der Waals surface area contributed by atoms with Crippen LogP contribution in [0.2, 0.25) is 0 Å². The van der Waals surface area contributed by atoms with Gasteiger partial charge < -0.3 is 9.64 Å². The molecular weight excluding hydrogens is 506 g/mol. The Labute approximate surface area is 232 Å². The summed E-state index contributed by atoms with van der Waals surface area (Å²) in [5.41, 5.74) is 1.83. The maximum Gasteiger partial charge on any atom is 0.417 e. The monoisotopic (exact) mass is 535 g/mol. The van der Waals surface area contributed by atoms with Gasteiger partial charge in [-0.05, 0) is 29.5 Å². The molecule has 8 heteroatoms. The number of hydrogen-bond acceptors (Lipinski definition) is 5. The van der Waals surface area contributed by atoms with Crippen molar-refractivity contribution in [3.8, 4) is 0 Å². The number of benzene rings is 3. The zero-order valence-electron chi connectivity index (χ0n) is 21.9. The number of imide groups is 2. The molecule has 3 aliphatic rings. The van der Waals surface area contributed by atoms with Crippen molar-refractivity contribution in [1.82, 2.24) is 14.7 Å². The number of rotatable bonds is 7. The summed E-state index contributed by atoms with van der Waals surface area (Å²) in [4.78, 5) is 58.3. The van der Waals surface area contributed by atoms with Crippen LogP contribution in [0.15, 0.2) is 103 Å². The zero-order chi connectivity index (χ0) is 27.7. The van der Waals surface area contributed by atoms with Crippen molar-refractivity contribution in [1.29, 1.82) is 0 Å². The van der Waals surface area contributed by atoms with Crippen molar-refractivity contribution >= 4 is 23.9 Å². The molecule has 2 aliphatic heterocycles. The molecule has 0 aromatic heterocycles. The second-order valence-corrected chi connectivity index (χ2v) is 10.5. The first-order valence-electron chi connectivity index (χ1n) is 13.4. The summed E-state index contributed by atoms with van der Waals surface area (Å²) in [5.74, 6) is -0.803. The fourth-order valence-electron chi connectivity index (χ4n) is 5.86. The molecule has 2 fully saturated rings. The van der Waals surface area contributed by atoms with Gasteiger partial charge >= 0.3 is 12.1 Å². The third-order valence-corrected chi connectivity index (χ3v) is 7.93. The Balaban J connectivity index is 1.27. The molecule has 8 nitrogen and oxygen atoms in total. The topological polar surface area (TPSA) is 87.2 Å². The highest BCUT2D eigenvalue weighted by Gasteiger charge is 2.59. The minimum absolute atomic E-state index is 0.0381. The lowest BCUT2D eigenvalue weighted by atomic mass is 9.92. The fraction of sp³-hybridized carbons (Fsp3) is 0.250. The second-order valence-electron chi connectivity index (χ2n) is 10.5. The van der Waals surface area contributed by atoms with Gasteiger partial charge in [0.05, 0.1) is 12.6 Å². The SMILES string of the molecule is O=C1OC[C@H](Cc2ccccc2)N1C(=O)C1=CCC2(C1)C(=O)N(Cc1ccccc1)C(=O)N2Cc1ccccc1. The molecule has 0 radical (unpaired) electrons. The molecule has 40 heavy (non-hydrogen) atoms. The highest BCUT2D eigenvalue weighted by atomic mass is 16.6. The van der Waals surface area contributed by atoms with E-state index in [1.807, 2.05) is 91.0 Å². The van der Waals surface area contributed by atoms with Gasteiger partial charge in [0.15, 0.2) is 0 Å². The van der Waals surface area contributed by atoms with E-state index in [0.717, 1.165) is 16.7 Å². The van der Waals surface area contributed by atoms with E-state index in [2.05, 4.69) is 0 Å². The van der Waals surface area contributed by atoms with Crippen molar-refractivity contribution < 1.29 is 23.9 Å². The normalized spacial score (nSPS) is 22.3. The number of urea groups is 1. The van der Waals surface area contributed by atoms with Gasteiger partial charge in [0.2, 0.25) is 0 Å². The molecule has 5 amide bonds. The zero-order valence-corrected chi connectivity index (χ0v) is 21.9. The van der Waals surface area contributed by atoms with E-state index >= 15 is 0 Å². The van der Waals surface area contributed by atoms with Crippen LogP contribution in [0.4, 0.5) is 9.59 Å². The van der Waals surface area contributed by atoms with E-state index in [0.29, 0.717) is 12.0 Å². The number of carbonyl (C=O) groups excluding carboxylic acids is 4. The smallest absolute Gasteiger partial charge is 0.417 e. The molecule has 0 saturated carbocycles. The van der Waals surface area contributed by atoms with Crippen LogP contribution in [-0.2, 0) is 33.8 Å². The summed E-state index contributed by atoms with van der Waals surface area (Å²) in [7, 11) is 0. The number of nitrogens with zero attached hydrogens (tertiary/aromatic N) is 3. The van der Waals surface area contributed by atoms with Gasteiger partial charge in [-0.1, -0.05) is 97.1 Å². The summed E-state index contributed by atoms with van der Waals surface area (Å²) in [6, 6.07) is 27.7. The van der Waals surface area contributed by atoms with Crippen LogP contribution in [0.3, 0.4) is 0 Å². The molecule has 2 heterocycles. The molecule has 2 atom stereocenters. The van der Waals surface area contributed by atoms with Crippen molar-refractivity contribution in [2.45, 2.75) is 43.9 Å². The Kier molecular flexibility index (Phi) is 6.67. The van der Waals surface area contributed by atoms with E-state index in [-0.39, 0.29) is 44.5 Å². The standard InChI is InChI=1S/C32H29N3O5/c36-28(35-27(22-40-31(35)39)18-23-10-4-1-5-11-23)26-16-17-32(19-26)29(37)33(20-24-12-6-2-7-13-24)30(38)34(32)21-25-14-8-3-9-15-25/h1-16,27H,17-22H2/t27-,32?/m0/s1. The number of ether oxygens (including phenoxy) is 1. The van der Waals surface area contributed by atoms with Crippen LogP contribution in [0, 0.1) is 0 Å². The Hall–Kier alpha value is -4.72. The summed E-state index contributed by atoms with van der Waals surface area (Å²) in [6.45, 7) is 0.487. The van der Waals surface area contributed by atoms with Crippen LogP contribution in [0.25, 0.3) is 0 Å². The average molecular weight is 536 g/mol. The van der Waals surface area contributed by atoms with Crippen LogP contribution in [0.5, 0.6) is 0 Å². The molecule has 0 bridgehead atoms. The fourth-order valence-corrected chi connectivity index (χ4v) is 5.86. The summed E-state index contributed by atoms with van der Waals surface area (Å²) >= 11 is 0. The first-order chi connectivity index (χ1) is 19.5. The Morgan fingerprint density at radius 3 is 2.00 bits per heavy atom. The molecule has 1 spiro atoms. The van der Waals surface area contributed by atoms with Crippen LogP contribution < -0.4 is 0 Å². The van der Waals surface area contributed by atoms with E-state index in [1.165, 1.54) is 9.80 Å². The molecule has 6 rings (SSSR count). The number of amides is 5. The van der Waals surface area contributed by atoms with Gasteiger partial charge in [-0.15, -0.1) is 0 Å². The average Bonchev–Trinajstić information content (AvgIpc) is 3.64. The van der Waals surface area contributed by atoms with Crippen molar-refractivity contribution in [3.63, 3.8) is 0 Å². The molecule has 1 unspecified atom stereocenters.